The van der Waals surface area contributed by atoms with Gasteiger partial charge in [0.1, 0.15) is 11.4 Å². The summed E-state index contributed by atoms with van der Waals surface area (Å²) in [5.74, 6) is -0.208. The highest BCUT2D eigenvalue weighted by atomic mass is 35.5. The third kappa shape index (κ3) is 5.19. The van der Waals surface area contributed by atoms with E-state index in [4.69, 9.17) is 16.3 Å². The van der Waals surface area contributed by atoms with Gasteiger partial charge in [-0.3, -0.25) is 14.6 Å². The summed E-state index contributed by atoms with van der Waals surface area (Å²) in [7, 11) is 1.50. The first kappa shape index (κ1) is 18.7. The number of amides is 2. The van der Waals surface area contributed by atoms with Gasteiger partial charge in [0.25, 0.3) is 11.8 Å². The molecule has 0 saturated carbocycles. The largest absolute Gasteiger partial charge is 0.495 e. The number of nitrogens with zero attached hydrogens (tertiary/aromatic N) is 1. The molecule has 0 unspecified atom stereocenters. The molecule has 7 heteroatoms. The maximum Gasteiger partial charge on any atom is 0.274 e. The van der Waals surface area contributed by atoms with Gasteiger partial charge in [0.15, 0.2) is 0 Å². The van der Waals surface area contributed by atoms with Gasteiger partial charge < -0.3 is 15.4 Å². The zero-order valence-corrected chi connectivity index (χ0v) is 14.9. The Morgan fingerprint density at radius 3 is 2.72 bits per heavy atom. The first-order valence-corrected chi connectivity index (χ1v) is 8.32. The fourth-order valence-corrected chi connectivity index (χ4v) is 2.31. The van der Waals surface area contributed by atoms with Crippen molar-refractivity contribution in [1.29, 1.82) is 0 Å². The van der Waals surface area contributed by atoms with E-state index in [0.717, 1.165) is 12.8 Å². The molecule has 0 atom stereocenters. The molecule has 0 saturated heterocycles. The SMILES string of the molecule is CCCCNC(=O)c1ccnc(C(=O)Nc2cc(Cl)ccc2OC)c1. The fourth-order valence-electron chi connectivity index (χ4n) is 2.14. The van der Waals surface area contributed by atoms with E-state index in [1.807, 2.05) is 6.92 Å². The van der Waals surface area contributed by atoms with Gasteiger partial charge in [-0.15, -0.1) is 0 Å². The van der Waals surface area contributed by atoms with Crippen LogP contribution in [-0.4, -0.2) is 30.5 Å². The Hall–Kier alpha value is -2.60. The predicted octanol–water partition coefficient (Wildman–Crippen LogP) is 3.53. The van der Waals surface area contributed by atoms with Crippen molar-refractivity contribution in [1.82, 2.24) is 10.3 Å². The second-order valence-corrected chi connectivity index (χ2v) is 5.77. The minimum absolute atomic E-state index is 0.130. The number of unbranched alkanes of at least 4 members (excludes halogenated alkanes) is 1. The Bertz CT molecular complexity index is 765. The van der Waals surface area contributed by atoms with Crippen molar-refractivity contribution in [2.75, 3.05) is 19.0 Å². The van der Waals surface area contributed by atoms with Crippen LogP contribution in [0.25, 0.3) is 0 Å². The molecule has 0 fully saturated rings. The van der Waals surface area contributed by atoms with E-state index >= 15 is 0 Å². The molecule has 132 valence electrons. The second-order valence-electron chi connectivity index (χ2n) is 5.34. The molecular formula is C18H20ClN3O3. The van der Waals surface area contributed by atoms with Crippen LogP contribution >= 0.6 is 11.6 Å². The fraction of sp³-hybridized carbons (Fsp3) is 0.278. The first-order valence-electron chi connectivity index (χ1n) is 7.94. The number of aromatic nitrogens is 1. The van der Waals surface area contributed by atoms with E-state index in [0.29, 0.717) is 28.6 Å². The van der Waals surface area contributed by atoms with Crippen molar-refractivity contribution < 1.29 is 14.3 Å². The lowest BCUT2D eigenvalue weighted by atomic mass is 10.2. The van der Waals surface area contributed by atoms with Gasteiger partial charge in [-0.2, -0.15) is 0 Å². The van der Waals surface area contributed by atoms with Gasteiger partial charge in [-0.1, -0.05) is 24.9 Å². The third-order valence-electron chi connectivity index (χ3n) is 3.48. The third-order valence-corrected chi connectivity index (χ3v) is 3.72. The van der Waals surface area contributed by atoms with Crippen molar-refractivity contribution in [2.24, 2.45) is 0 Å². The molecule has 0 aliphatic rings. The summed E-state index contributed by atoms with van der Waals surface area (Å²) in [6, 6.07) is 7.92. The minimum Gasteiger partial charge on any atom is -0.495 e. The summed E-state index contributed by atoms with van der Waals surface area (Å²) in [4.78, 5) is 28.5. The van der Waals surface area contributed by atoms with E-state index < -0.39 is 5.91 Å². The molecule has 25 heavy (non-hydrogen) atoms. The molecule has 2 rings (SSSR count). The molecule has 0 aliphatic carbocycles. The highest BCUT2D eigenvalue weighted by Crippen LogP contribution is 2.28. The lowest BCUT2D eigenvalue weighted by Gasteiger charge is -2.11. The summed E-state index contributed by atoms with van der Waals surface area (Å²) < 4.78 is 5.20. The molecule has 1 aromatic carbocycles. The van der Waals surface area contributed by atoms with Gasteiger partial charge in [-0.25, -0.2) is 0 Å². The second kappa shape index (κ2) is 9.03. The molecule has 0 spiro atoms. The highest BCUT2D eigenvalue weighted by Gasteiger charge is 2.14. The van der Waals surface area contributed by atoms with Crippen molar-refractivity contribution >= 4 is 29.1 Å². The van der Waals surface area contributed by atoms with Crippen LogP contribution in [0.5, 0.6) is 5.75 Å². The smallest absolute Gasteiger partial charge is 0.274 e. The van der Waals surface area contributed by atoms with Crippen LogP contribution in [0.15, 0.2) is 36.5 Å². The maximum atomic E-state index is 12.4. The predicted molar refractivity (Wildman–Crippen MR) is 97.4 cm³/mol. The number of nitrogens with one attached hydrogen (secondary N) is 2. The Labute approximate surface area is 151 Å². The van der Waals surface area contributed by atoms with Crippen LogP contribution < -0.4 is 15.4 Å². The van der Waals surface area contributed by atoms with E-state index in [1.54, 1.807) is 24.3 Å². The van der Waals surface area contributed by atoms with Gasteiger partial charge in [-0.05, 0) is 36.8 Å². The van der Waals surface area contributed by atoms with E-state index in [1.165, 1.54) is 19.4 Å². The molecule has 2 amide bonds. The summed E-state index contributed by atoms with van der Waals surface area (Å²) >= 11 is 5.96. The van der Waals surface area contributed by atoms with E-state index in [-0.39, 0.29) is 11.6 Å². The normalized spacial score (nSPS) is 10.2. The van der Waals surface area contributed by atoms with Gasteiger partial charge in [0.05, 0.1) is 12.8 Å². The van der Waals surface area contributed by atoms with Crippen molar-refractivity contribution in [3.63, 3.8) is 0 Å². The van der Waals surface area contributed by atoms with Gasteiger partial charge in [0, 0.05) is 23.3 Å². The lowest BCUT2D eigenvalue weighted by molar-refractivity contribution is 0.0953. The summed E-state index contributed by atoms with van der Waals surface area (Å²) in [5, 5.41) is 5.97. The summed E-state index contributed by atoms with van der Waals surface area (Å²) in [5.41, 5.74) is 0.944. The minimum atomic E-state index is -0.455. The highest BCUT2D eigenvalue weighted by molar-refractivity contribution is 6.31. The number of methoxy groups -OCH3 is 1. The Morgan fingerprint density at radius 2 is 2.00 bits per heavy atom. The molecule has 0 bridgehead atoms. The standard InChI is InChI=1S/C18H20ClN3O3/c1-3-4-8-21-17(23)12-7-9-20-15(10-12)18(24)22-14-11-13(19)5-6-16(14)25-2/h5-7,9-11H,3-4,8H2,1-2H3,(H,21,23)(H,22,24). The van der Waals surface area contributed by atoms with Crippen molar-refractivity contribution in [2.45, 2.75) is 19.8 Å². The number of anilines is 1. The molecular weight excluding hydrogens is 342 g/mol. The van der Waals surface area contributed by atoms with Crippen LogP contribution in [0.1, 0.15) is 40.6 Å². The average molecular weight is 362 g/mol. The summed E-state index contributed by atoms with van der Waals surface area (Å²) in [6.45, 7) is 2.64. The zero-order chi connectivity index (χ0) is 18.2. The number of hydrogen-bond donors (Lipinski definition) is 2. The molecule has 1 aromatic heterocycles. The molecule has 2 aromatic rings. The molecule has 6 nitrogen and oxygen atoms in total. The lowest BCUT2D eigenvalue weighted by Crippen LogP contribution is -2.25. The number of benzene rings is 1. The molecule has 0 aliphatic heterocycles. The number of carbonyl (C=O) groups is 2. The monoisotopic (exact) mass is 361 g/mol. The van der Waals surface area contributed by atoms with Crippen LogP contribution in [0.4, 0.5) is 5.69 Å². The molecule has 2 N–H and O–H groups in total. The van der Waals surface area contributed by atoms with Gasteiger partial charge >= 0.3 is 0 Å². The van der Waals surface area contributed by atoms with E-state index in [2.05, 4.69) is 15.6 Å². The Morgan fingerprint density at radius 1 is 1.20 bits per heavy atom. The van der Waals surface area contributed by atoms with Crippen LogP contribution in [0, 0.1) is 0 Å². The van der Waals surface area contributed by atoms with Crippen LogP contribution in [-0.2, 0) is 0 Å². The van der Waals surface area contributed by atoms with E-state index in [9.17, 15) is 9.59 Å². The van der Waals surface area contributed by atoms with Crippen molar-refractivity contribution in [3.8, 4) is 5.75 Å². The number of halogens is 1. The number of pyridine rings is 1. The van der Waals surface area contributed by atoms with Gasteiger partial charge in [0.2, 0.25) is 0 Å². The number of ether oxygens (including phenoxy) is 1. The number of rotatable bonds is 7. The molecule has 1 heterocycles. The maximum absolute atomic E-state index is 12.4. The Kier molecular flexibility index (Phi) is 6.77. The summed E-state index contributed by atoms with van der Waals surface area (Å²) in [6.07, 6.45) is 3.32. The quantitative estimate of drug-likeness (QED) is 0.739. The topological polar surface area (TPSA) is 80.3 Å². The van der Waals surface area contributed by atoms with Crippen LogP contribution in [0.3, 0.4) is 0 Å². The van der Waals surface area contributed by atoms with Crippen molar-refractivity contribution in [3.05, 3.63) is 52.8 Å². The molecule has 0 radical (unpaired) electrons. The number of hydrogen-bond acceptors (Lipinski definition) is 4. The number of carbonyl (C=O) groups excluding carboxylic acids is 2. The first-order chi connectivity index (χ1) is 12.0. The van der Waals surface area contributed by atoms with Crippen LogP contribution in [0.2, 0.25) is 5.02 Å². The average Bonchev–Trinajstić information content (AvgIpc) is 2.62. The Balaban J connectivity index is 2.13. The zero-order valence-electron chi connectivity index (χ0n) is 14.1.